The van der Waals surface area contributed by atoms with E-state index in [0.29, 0.717) is 25.8 Å². The van der Waals surface area contributed by atoms with Crippen molar-refractivity contribution >= 4 is 23.2 Å². The lowest BCUT2D eigenvalue weighted by molar-refractivity contribution is -0.137. The van der Waals surface area contributed by atoms with Crippen LogP contribution in [0.1, 0.15) is 43.3 Å². The molecule has 5 nitrogen and oxygen atoms in total. The van der Waals surface area contributed by atoms with Crippen molar-refractivity contribution < 1.29 is 14.7 Å². The Morgan fingerprint density at radius 2 is 2.11 bits per heavy atom. The highest BCUT2D eigenvalue weighted by atomic mass is 32.1. The maximum atomic E-state index is 11.5. The largest absolute Gasteiger partial charge is 0.481 e. The number of carboxylic acids is 1. The summed E-state index contributed by atoms with van der Waals surface area (Å²) < 4.78 is 0. The number of carbonyl (C=O) groups is 2. The molecule has 1 aromatic heterocycles. The molecule has 0 atom stereocenters. The van der Waals surface area contributed by atoms with Gasteiger partial charge in [0.05, 0.1) is 10.7 Å². The van der Waals surface area contributed by atoms with Crippen molar-refractivity contribution in [3.05, 3.63) is 16.1 Å². The van der Waals surface area contributed by atoms with Gasteiger partial charge in [-0.1, -0.05) is 6.92 Å². The minimum atomic E-state index is -0.810. The molecule has 0 unspecified atom stereocenters. The van der Waals surface area contributed by atoms with E-state index in [1.54, 1.807) is 11.3 Å². The minimum Gasteiger partial charge on any atom is -0.481 e. The molecule has 0 saturated carbocycles. The first-order chi connectivity index (χ1) is 9.11. The van der Waals surface area contributed by atoms with Crippen molar-refractivity contribution in [2.75, 3.05) is 6.54 Å². The predicted octanol–water partition coefficient (Wildman–Crippen LogP) is 2.01. The molecule has 1 heterocycles. The number of nitrogens with zero attached hydrogens (tertiary/aromatic N) is 1. The van der Waals surface area contributed by atoms with Gasteiger partial charge in [-0.05, 0) is 19.3 Å². The third-order valence-corrected chi connectivity index (χ3v) is 3.69. The first kappa shape index (κ1) is 15.6. The molecule has 0 aromatic carbocycles. The Balaban J connectivity index is 2.08. The molecule has 0 aliphatic carbocycles. The Bertz CT molecular complexity index is 418. The van der Waals surface area contributed by atoms with Crippen molar-refractivity contribution in [2.45, 2.75) is 45.4 Å². The highest BCUT2D eigenvalue weighted by molar-refractivity contribution is 7.09. The number of aromatic nitrogens is 1. The third-order valence-electron chi connectivity index (χ3n) is 2.65. The normalized spacial score (nSPS) is 10.4. The van der Waals surface area contributed by atoms with E-state index < -0.39 is 5.97 Å². The summed E-state index contributed by atoms with van der Waals surface area (Å²) in [6.07, 6.45) is 3.39. The number of amides is 1. The van der Waals surface area contributed by atoms with Crippen molar-refractivity contribution in [3.63, 3.8) is 0 Å². The van der Waals surface area contributed by atoms with Crippen molar-refractivity contribution in [2.24, 2.45) is 0 Å². The average molecular weight is 284 g/mol. The van der Waals surface area contributed by atoms with Gasteiger partial charge in [-0.15, -0.1) is 11.3 Å². The van der Waals surface area contributed by atoms with E-state index in [1.165, 1.54) is 0 Å². The fraction of sp³-hybridized carbons (Fsp3) is 0.615. The summed E-state index contributed by atoms with van der Waals surface area (Å²) in [6, 6.07) is 0. The van der Waals surface area contributed by atoms with Gasteiger partial charge >= 0.3 is 5.97 Å². The number of hydrogen-bond donors (Lipinski definition) is 2. The van der Waals surface area contributed by atoms with Gasteiger partial charge < -0.3 is 10.4 Å². The maximum Gasteiger partial charge on any atom is 0.303 e. The van der Waals surface area contributed by atoms with Crippen LogP contribution in [0.25, 0.3) is 0 Å². The Kier molecular flexibility index (Phi) is 7.10. The van der Waals surface area contributed by atoms with E-state index in [2.05, 4.69) is 17.2 Å². The van der Waals surface area contributed by atoms with Crippen molar-refractivity contribution in [3.8, 4) is 0 Å². The average Bonchev–Trinajstić information content (AvgIpc) is 2.82. The standard InChI is InChI=1S/C13H20N2O3S/c1-2-12-15-10(9-19-12)7-8-14-11(16)5-3-4-6-13(17)18/h9H,2-8H2,1H3,(H,14,16)(H,17,18). The molecule has 6 heteroatoms. The molecule has 0 aliphatic rings. The van der Waals surface area contributed by atoms with E-state index in [1.807, 2.05) is 5.38 Å². The smallest absolute Gasteiger partial charge is 0.303 e. The van der Waals surface area contributed by atoms with Crippen LogP contribution in [0.15, 0.2) is 5.38 Å². The van der Waals surface area contributed by atoms with Crippen LogP contribution < -0.4 is 5.32 Å². The summed E-state index contributed by atoms with van der Waals surface area (Å²) in [4.78, 5) is 26.2. The number of hydrogen-bond acceptors (Lipinski definition) is 4. The van der Waals surface area contributed by atoms with E-state index in [9.17, 15) is 9.59 Å². The van der Waals surface area contributed by atoms with Gasteiger partial charge in [0.1, 0.15) is 0 Å². The number of carboxylic acid groups (broad SMARTS) is 1. The lowest BCUT2D eigenvalue weighted by Gasteiger charge is -2.03. The van der Waals surface area contributed by atoms with Gasteiger partial charge in [0.25, 0.3) is 0 Å². The summed E-state index contributed by atoms with van der Waals surface area (Å²) in [7, 11) is 0. The van der Waals surface area contributed by atoms with Crippen LogP contribution in [-0.4, -0.2) is 28.5 Å². The van der Waals surface area contributed by atoms with Crippen LogP contribution in [0.3, 0.4) is 0 Å². The molecule has 0 radical (unpaired) electrons. The summed E-state index contributed by atoms with van der Waals surface area (Å²) in [5, 5.41) is 14.4. The van der Waals surface area contributed by atoms with Gasteiger partial charge in [0.2, 0.25) is 5.91 Å². The zero-order chi connectivity index (χ0) is 14.1. The van der Waals surface area contributed by atoms with Crippen LogP contribution in [-0.2, 0) is 22.4 Å². The van der Waals surface area contributed by atoms with Crippen LogP contribution in [0.2, 0.25) is 0 Å². The molecule has 0 fully saturated rings. The van der Waals surface area contributed by atoms with Crippen LogP contribution in [0.5, 0.6) is 0 Å². The van der Waals surface area contributed by atoms with Crippen molar-refractivity contribution in [1.82, 2.24) is 10.3 Å². The maximum absolute atomic E-state index is 11.5. The van der Waals surface area contributed by atoms with Gasteiger partial charge in [0.15, 0.2) is 0 Å². The molecule has 1 amide bonds. The molecule has 0 aliphatic heterocycles. The molecule has 2 N–H and O–H groups in total. The predicted molar refractivity (Wildman–Crippen MR) is 74.3 cm³/mol. The molecular weight excluding hydrogens is 264 g/mol. The molecule has 1 rings (SSSR count). The third kappa shape index (κ3) is 6.91. The number of unbranched alkanes of at least 4 members (excludes halogenated alkanes) is 1. The lowest BCUT2D eigenvalue weighted by atomic mass is 10.2. The molecule has 19 heavy (non-hydrogen) atoms. The van der Waals surface area contributed by atoms with Crippen LogP contribution in [0.4, 0.5) is 0 Å². The zero-order valence-corrected chi connectivity index (χ0v) is 12.0. The van der Waals surface area contributed by atoms with Gasteiger partial charge in [-0.3, -0.25) is 9.59 Å². The highest BCUT2D eigenvalue weighted by Crippen LogP contribution is 2.10. The monoisotopic (exact) mass is 284 g/mol. The number of nitrogens with one attached hydrogen (secondary N) is 1. The molecule has 106 valence electrons. The Labute approximate surface area is 117 Å². The fourth-order valence-corrected chi connectivity index (χ4v) is 2.39. The fourth-order valence-electron chi connectivity index (χ4n) is 1.61. The van der Waals surface area contributed by atoms with Gasteiger partial charge in [-0.2, -0.15) is 0 Å². The Morgan fingerprint density at radius 3 is 2.74 bits per heavy atom. The minimum absolute atomic E-state index is 0.0173. The summed E-state index contributed by atoms with van der Waals surface area (Å²) in [5.41, 5.74) is 1.02. The van der Waals surface area contributed by atoms with Crippen molar-refractivity contribution in [1.29, 1.82) is 0 Å². The van der Waals surface area contributed by atoms with Crippen LogP contribution >= 0.6 is 11.3 Å². The molecule has 0 bridgehead atoms. The quantitative estimate of drug-likeness (QED) is 0.680. The van der Waals surface area contributed by atoms with Gasteiger partial charge in [-0.25, -0.2) is 4.98 Å². The SMILES string of the molecule is CCc1nc(CCNC(=O)CCCCC(=O)O)cs1. The molecular formula is C13H20N2O3S. The second kappa shape index (κ2) is 8.63. The second-order valence-corrected chi connectivity index (χ2v) is 5.23. The summed E-state index contributed by atoms with van der Waals surface area (Å²) >= 11 is 1.65. The topological polar surface area (TPSA) is 79.3 Å². The van der Waals surface area contributed by atoms with E-state index in [4.69, 9.17) is 5.11 Å². The number of thiazole rings is 1. The number of aliphatic carboxylic acids is 1. The number of aryl methyl sites for hydroxylation is 1. The Morgan fingerprint density at radius 1 is 1.37 bits per heavy atom. The molecule has 0 spiro atoms. The summed E-state index contributed by atoms with van der Waals surface area (Å²) in [6.45, 7) is 2.66. The van der Waals surface area contributed by atoms with E-state index in [-0.39, 0.29) is 12.3 Å². The second-order valence-electron chi connectivity index (χ2n) is 4.29. The highest BCUT2D eigenvalue weighted by Gasteiger charge is 2.04. The van der Waals surface area contributed by atoms with Gasteiger partial charge in [0, 0.05) is 31.2 Å². The molecule has 0 saturated heterocycles. The first-order valence-electron chi connectivity index (χ1n) is 6.53. The lowest BCUT2D eigenvalue weighted by Crippen LogP contribution is -2.25. The zero-order valence-electron chi connectivity index (χ0n) is 11.1. The van der Waals surface area contributed by atoms with Crippen LogP contribution in [0, 0.1) is 0 Å². The number of carbonyl (C=O) groups excluding carboxylic acids is 1. The van der Waals surface area contributed by atoms with E-state index in [0.717, 1.165) is 23.5 Å². The molecule has 1 aromatic rings. The number of rotatable bonds is 9. The Hall–Kier alpha value is -1.43. The first-order valence-corrected chi connectivity index (χ1v) is 7.41. The summed E-state index contributed by atoms with van der Waals surface area (Å²) in [5.74, 6) is -0.827. The van der Waals surface area contributed by atoms with E-state index >= 15 is 0 Å².